The Balaban J connectivity index is 1.94. The van der Waals surface area contributed by atoms with Crippen LogP contribution in [0.4, 0.5) is 10.3 Å². The standard InChI is InChI=1S/C20H24FN5O2/c1-23-17-16(18(27)24(2)20(23)28)26(13-14-7-9-15(21)10-8-14)19(22-17)25-11-5-3-4-6-12-25/h7-10H,3-6,11-13H2,1-2H3. The van der Waals surface area contributed by atoms with E-state index >= 15 is 0 Å². The molecule has 1 aliphatic rings. The molecule has 2 aromatic heterocycles. The van der Waals surface area contributed by atoms with Gasteiger partial charge in [0.25, 0.3) is 5.56 Å². The minimum atomic E-state index is -0.397. The van der Waals surface area contributed by atoms with Crippen LogP contribution in [0.3, 0.4) is 0 Å². The lowest BCUT2D eigenvalue weighted by atomic mass is 10.2. The fraction of sp³-hybridized carbons (Fsp3) is 0.450. The fourth-order valence-electron chi connectivity index (χ4n) is 3.87. The highest BCUT2D eigenvalue weighted by Gasteiger charge is 2.23. The first-order valence-electron chi connectivity index (χ1n) is 9.63. The maximum atomic E-state index is 13.3. The summed E-state index contributed by atoms with van der Waals surface area (Å²) in [5.41, 5.74) is 0.885. The van der Waals surface area contributed by atoms with E-state index in [-0.39, 0.29) is 11.4 Å². The lowest BCUT2D eigenvalue weighted by molar-refractivity contribution is 0.626. The summed E-state index contributed by atoms with van der Waals surface area (Å²) in [5.74, 6) is 0.393. The van der Waals surface area contributed by atoms with E-state index in [0.717, 1.165) is 36.1 Å². The summed E-state index contributed by atoms with van der Waals surface area (Å²) in [7, 11) is 3.11. The van der Waals surface area contributed by atoms with Crippen molar-refractivity contribution in [3.63, 3.8) is 0 Å². The van der Waals surface area contributed by atoms with Gasteiger partial charge in [0.2, 0.25) is 5.95 Å². The zero-order chi connectivity index (χ0) is 19.8. The maximum Gasteiger partial charge on any atom is 0.332 e. The number of benzene rings is 1. The van der Waals surface area contributed by atoms with Crippen LogP contribution in [0, 0.1) is 5.82 Å². The van der Waals surface area contributed by atoms with E-state index in [0.29, 0.717) is 23.7 Å². The Morgan fingerprint density at radius 3 is 2.25 bits per heavy atom. The van der Waals surface area contributed by atoms with E-state index in [9.17, 15) is 14.0 Å². The molecule has 0 bridgehead atoms. The van der Waals surface area contributed by atoms with Gasteiger partial charge in [0.1, 0.15) is 5.82 Å². The second-order valence-corrected chi connectivity index (χ2v) is 7.40. The first-order valence-corrected chi connectivity index (χ1v) is 9.63. The number of fused-ring (bicyclic) bond motifs is 1. The smallest absolute Gasteiger partial charge is 0.332 e. The van der Waals surface area contributed by atoms with E-state index in [2.05, 4.69) is 4.90 Å². The van der Waals surface area contributed by atoms with Gasteiger partial charge in [-0.15, -0.1) is 0 Å². The quantitative estimate of drug-likeness (QED) is 0.692. The Kier molecular flexibility index (Phi) is 4.78. The molecule has 0 atom stereocenters. The van der Waals surface area contributed by atoms with Crippen molar-refractivity contribution < 1.29 is 4.39 Å². The van der Waals surface area contributed by atoms with Crippen LogP contribution in [0.2, 0.25) is 0 Å². The van der Waals surface area contributed by atoms with E-state index in [1.165, 1.54) is 36.6 Å². The van der Waals surface area contributed by atoms with Gasteiger partial charge in [-0.2, -0.15) is 4.98 Å². The summed E-state index contributed by atoms with van der Waals surface area (Å²) in [4.78, 5) is 32.2. The van der Waals surface area contributed by atoms with Crippen molar-refractivity contribution in [3.05, 3.63) is 56.5 Å². The minimum Gasteiger partial charge on any atom is -0.342 e. The molecule has 1 aromatic carbocycles. The highest BCUT2D eigenvalue weighted by Crippen LogP contribution is 2.24. The number of imidazole rings is 1. The number of aromatic nitrogens is 4. The molecule has 3 heterocycles. The molecule has 0 saturated carbocycles. The third-order valence-electron chi connectivity index (χ3n) is 5.47. The van der Waals surface area contributed by atoms with Gasteiger partial charge in [-0.25, -0.2) is 9.18 Å². The third-order valence-corrected chi connectivity index (χ3v) is 5.47. The Bertz CT molecular complexity index is 1120. The molecule has 0 N–H and O–H groups in total. The van der Waals surface area contributed by atoms with Gasteiger partial charge >= 0.3 is 5.69 Å². The Morgan fingerprint density at radius 1 is 0.964 bits per heavy atom. The number of halogens is 1. The average molecular weight is 385 g/mol. The van der Waals surface area contributed by atoms with Crippen LogP contribution < -0.4 is 16.1 Å². The van der Waals surface area contributed by atoms with Crippen molar-refractivity contribution >= 4 is 17.1 Å². The van der Waals surface area contributed by atoms with Crippen molar-refractivity contribution in [2.45, 2.75) is 32.2 Å². The van der Waals surface area contributed by atoms with E-state index in [4.69, 9.17) is 4.98 Å². The molecule has 8 heteroatoms. The van der Waals surface area contributed by atoms with Crippen molar-refractivity contribution in [3.8, 4) is 0 Å². The summed E-state index contributed by atoms with van der Waals surface area (Å²) in [6.45, 7) is 2.11. The van der Waals surface area contributed by atoms with Crippen LogP contribution in [0.25, 0.3) is 11.2 Å². The summed E-state index contributed by atoms with van der Waals surface area (Å²) >= 11 is 0. The summed E-state index contributed by atoms with van der Waals surface area (Å²) in [6.07, 6.45) is 4.48. The summed E-state index contributed by atoms with van der Waals surface area (Å²) < 4.78 is 17.7. The molecule has 0 unspecified atom stereocenters. The van der Waals surface area contributed by atoms with Crippen LogP contribution in [0.15, 0.2) is 33.9 Å². The predicted molar refractivity (Wildman–Crippen MR) is 106 cm³/mol. The Labute approximate surface area is 161 Å². The van der Waals surface area contributed by atoms with Crippen LogP contribution in [-0.2, 0) is 20.6 Å². The van der Waals surface area contributed by atoms with Crippen LogP contribution in [0.1, 0.15) is 31.2 Å². The largest absolute Gasteiger partial charge is 0.342 e. The first kappa shape index (κ1) is 18.5. The van der Waals surface area contributed by atoms with Crippen molar-refractivity contribution in [1.29, 1.82) is 0 Å². The van der Waals surface area contributed by atoms with E-state index in [1.807, 2.05) is 4.57 Å². The monoisotopic (exact) mass is 385 g/mol. The third kappa shape index (κ3) is 3.12. The molecule has 1 fully saturated rings. The molecule has 3 aromatic rings. The van der Waals surface area contributed by atoms with Gasteiger partial charge in [0, 0.05) is 27.2 Å². The normalized spacial score (nSPS) is 15.2. The number of anilines is 1. The number of hydrogen-bond donors (Lipinski definition) is 0. The fourth-order valence-corrected chi connectivity index (χ4v) is 3.87. The molecule has 1 saturated heterocycles. The number of nitrogens with zero attached hydrogens (tertiary/aromatic N) is 5. The zero-order valence-corrected chi connectivity index (χ0v) is 16.2. The first-order chi connectivity index (χ1) is 13.5. The van der Waals surface area contributed by atoms with Crippen molar-refractivity contribution in [2.75, 3.05) is 18.0 Å². The van der Waals surface area contributed by atoms with Gasteiger partial charge in [-0.3, -0.25) is 18.5 Å². The number of rotatable bonds is 3. The Hall–Kier alpha value is -2.90. The molecule has 7 nitrogen and oxygen atoms in total. The Morgan fingerprint density at radius 2 is 1.61 bits per heavy atom. The predicted octanol–water partition coefficient (Wildman–Crippen LogP) is 2.00. The van der Waals surface area contributed by atoms with Crippen molar-refractivity contribution in [1.82, 2.24) is 18.7 Å². The molecule has 148 valence electrons. The molecule has 1 aliphatic heterocycles. The van der Waals surface area contributed by atoms with Gasteiger partial charge in [0.15, 0.2) is 11.2 Å². The molecule has 0 spiro atoms. The van der Waals surface area contributed by atoms with Gasteiger partial charge < -0.3 is 4.90 Å². The van der Waals surface area contributed by atoms with Crippen LogP contribution in [-0.4, -0.2) is 31.8 Å². The van der Waals surface area contributed by atoms with E-state index < -0.39 is 5.69 Å². The summed E-state index contributed by atoms with van der Waals surface area (Å²) in [5, 5.41) is 0. The van der Waals surface area contributed by atoms with Gasteiger partial charge in [-0.1, -0.05) is 25.0 Å². The minimum absolute atomic E-state index is 0.301. The lowest BCUT2D eigenvalue weighted by Crippen LogP contribution is -2.37. The maximum absolute atomic E-state index is 13.3. The highest BCUT2D eigenvalue weighted by atomic mass is 19.1. The SMILES string of the molecule is Cn1c(=O)c2c(nc(N3CCCCCC3)n2Cc2ccc(F)cc2)n(C)c1=O. The molecule has 0 amide bonds. The highest BCUT2D eigenvalue weighted by molar-refractivity contribution is 5.74. The van der Waals surface area contributed by atoms with Gasteiger partial charge in [0.05, 0.1) is 6.54 Å². The zero-order valence-electron chi connectivity index (χ0n) is 16.2. The number of aryl methyl sites for hydroxylation is 1. The topological polar surface area (TPSA) is 65.1 Å². The van der Waals surface area contributed by atoms with Crippen LogP contribution >= 0.6 is 0 Å². The molecule has 0 radical (unpaired) electrons. The van der Waals surface area contributed by atoms with Crippen LogP contribution in [0.5, 0.6) is 0 Å². The lowest BCUT2D eigenvalue weighted by Gasteiger charge is -2.22. The second kappa shape index (κ2) is 7.26. The molecular weight excluding hydrogens is 361 g/mol. The summed E-state index contributed by atoms with van der Waals surface area (Å²) in [6, 6.07) is 6.24. The van der Waals surface area contributed by atoms with Gasteiger partial charge in [-0.05, 0) is 30.5 Å². The van der Waals surface area contributed by atoms with Crippen molar-refractivity contribution in [2.24, 2.45) is 14.1 Å². The molecule has 0 aliphatic carbocycles. The number of hydrogen-bond acceptors (Lipinski definition) is 4. The average Bonchev–Trinajstić information content (AvgIpc) is 2.87. The van der Waals surface area contributed by atoms with E-state index in [1.54, 1.807) is 19.2 Å². The molecular formula is C20H24FN5O2. The second-order valence-electron chi connectivity index (χ2n) is 7.40. The molecule has 4 rings (SSSR count). The molecule has 28 heavy (non-hydrogen) atoms.